The first-order chi connectivity index (χ1) is 11.0. The molecule has 0 radical (unpaired) electrons. The van der Waals surface area contributed by atoms with Crippen LogP contribution in [0.15, 0.2) is 0 Å². The standard InChI is InChI=1S/C20H41NO2/c1-5-7-9-10-11-12-13-14-15-18(3)19(4)17-20(21(22)23)16-8-6-2/h18-20H,5-17H2,1-4H3. The molecule has 3 atom stereocenters. The third-order valence-electron chi connectivity index (χ3n) is 5.32. The minimum Gasteiger partial charge on any atom is -0.264 e. The lowest BCUT2D eigenvalue weighted by molar-refractivity contribution is -0.526. The Morgan fingerprint density at radius 2 is 1.26 bits per heavy atom. The predicted octanol–water partition coefficient (Wildman–Crippen LogP) is 7.02. The average Bonchev–Trinajstić information content (AvgIpc) is 2.53. The van der Waals surface area contributed by atoms with Crippen molar-refractivity contribution in [2.24, 2.45) is 11.8 Å². The van der Waals surface area contributed by atoms with Crippen LogP contribution >= 0.6 is 0 Å². The van der Waals surface area contributed by atoms with Gasteiger partial charge in [-0.3, -0.25) is 10.1 Å². The van der Waals surface area contributed by atoms with Crippen molar-refractivity contribution in [2.45, 2.75) is 117 Å². The van der Waals surface area contributed by atoms with Gasteiger partial charge in [0.2, 0.25) is 6.04 Å². The molecule has 0 aliphatic rings. The molecule has 0 saturated heterocycles. The molecule has 0 amide bonds. The van der Waals surface area contributed by atoms with Crippen molar-refractivity contribution in [2.75, 3.05) is 0 Å². The molecule has 0 heterocycles. The summed E-state index contributed by atoms with van der Waals surface area (Å²) in [6, 6.07) is -0.328. The molecule has 3 nitrogen and oxygen atoms in total. The maximum Gasteiger partial charge on any atom is 0.213 e. The van der Waals surface area contributed by atoms with Crippen LogP contribution < -0.4 is 0 Å². The van der Waals surface area contributed by atoms with Crippen LogP contribution in [-0.2, 0) is 0 Å². The van der Waals surface area contributed by atoms with Crippen LogP contribution in [0.3, 0.4) is 0 Å². The quantitative estimate of drug-likeness (QED) is 0.174. The molecule has 0 spiro atoms. The summed E-state index contributed by atoms with van der Waals surface area (Å²) in [6.07, 6.45) is 15.6. The Morgan fingerprint density at radius 1 is 0.739 bits per heavy atom. The van der Waals surface area contributed by atoms with Crippen LogP contribution in [0.2, 0.25) is 0 Å². The van der Waals surface area contributed by atoms with E-state index in [2.05, 4.69) is 27.7 Å². The molecule has 0 aliphatic carbocycles. The molecule has 0 bridgehead atoms. The van der Waals surface area contributed by atoms with Crippen molar-refractivity contribution < 1.29 is 4.92 Å². The zero-order chi connectivity index (χ0) is 17.5. The number of rotatable bonds is 16. The minimum absolute atomic E-state index is 0.0464. The lowest BCUT2D eigenvalue weighted by atomic mass is 9.85. The monoisotopic (exact) mass is 327 g/mol. The topological polar surface area (TPSA) is 43.1 Å². The summed E-state index contributed by atoms with van der Waals surface area (Å²) >= 11 is 0. The minimum atomic E-state index is -0.328. The first kappa shape index (κ1) is 22.4. The largest absolute Gasteiger partial charge is 0.264 e. The van der Waals surface area contributed by atoms with Gasteiger partial charge in [-0.05, 0) is 18.3 Å². The molecule has 0 saturated carbocycles. The Balaban J connectivity index is 3.78. The maximum atomic E-state index is 11.2. The highest BCUT2D eigenvalue weighted by Crippen LogP contribution is 2.25. The van der Waals surface area contributed by atoms with E-state index < -0.39 is 0 Å². The summed E-state index contributed by atoms with van der Waals surface area (Å²) in [4.78, 5) is 11.1. The van der Waals surface area contributed by atoms with Crippen LogP contribution in [0, 0.1) is 22.0 Å². The summed E-state index contributed by atoms with van der Waals surface area (Å²) in [5.41, 5.74) is 0. The highest BCUT2D eigenvalue weighted by molar-refractivity contribution is 4.68. The van der Waals surface area contributed by atoms with Gasteiger partial charge in [0.15, 0.2) is 0 Å². The SMILES string of the molecule is CCCCCCCCCCC(C)C(C)CC(CCCC)[N+](=O)[O-]. The summed E-state index contributed by atoms with van der Waals surface area (Å²) in [7, 11) is 0. The van der Waals surface area contributed by atoms with Crippen molar-refractivity contribution in [3.05, 3.63) is 10.1 Å². The van der Waals surface area contributed by atoms with E-state index in [0.29, 0.717) is 11.8 Å². The average molecular weight is 328 g/mol. The summed E-state index contributed by atoms with van der Waals surface area (Å²) in [5, 5.41) is 11.2. The van der Waals surface area contributed by atoms with Crippen LogP contribution in [0.1, 0.15) is 111 Å². The second-order valence-electron chi connectivity index (χ2n) is 7.54. The lowest BCUT2D eigenvalue weighted by Crippen LogP contribution is -2.24. The van der Waals surface area contributed by atoms with Gasteiger partial charge in [-0.25, -0.2) is 0 Å². The number of nitrogens with zero attached hydrogens (tertiary/aromatic N) is 1. The van der Waals surface area contributed by atoms with Gasteiger partial charge in [-0.1, -0.05) is 91.9 Å². The molecule has 3 unspecified atom stereocenters. The van der Waals surface area contributed by atoms with Crippen LogP contribution in [0.4, 0.5) is 0 Å². The fraction of sp³-hybridized carbons (Fsp3) is 1.00. The van der Waals surface area contributed by atoms with Crippen molar-refractivity contribution >= 4 is 0 Å². The molecule has 0 aromatic heterocycles. The highest BCUT2D eigenvalue weighted by atomic mass is 16.6. The van der Waals surface area contributed by atoms with E-state index in [1.54, 1.807) is 0 Å². The van der Waals surface area contributed by atoms with Crippen molar-refractivity contribution in [1.29, 1.82) is 0 Å². The lowest BCUT2D eigenvalue weighted by Gasteiger charge is -2.21. The van der Waals surface area contributed by atoms with Gasteiger partial charge < -0.3 is 0 Å². The first-order valence-electron chi connectivity index (χ1n) is 10.2. The van der Waals surface area contributed by atoms with Gasteiger partial charge in [0.05, 0.1) is 0 Å². The molecule has 0 N–H and O–H groups in total. The second kappa shape index (κ2) is 15.0. The predicted molar refractivity (Wildman–Crippen MR) is 100 cm³/mol. The second-order valence-corrected chi connectivity index (χ2v) is 7.54. The molecule has 0 fully saturated rings. The van der Waals surface area contributed by atoms with Gasteiger partial charge in [0, 0.05) is 17.8 Å². The Kier molecular flexibility index (Phi) is 14.6. The van der Waals surface area contributed by atoms with Gasteiger partial charge in [0.25, 0.3) is 0 Å². The Labute approximate surface area is 144 Å². The van der Waals surface area contributed by atoms with Crippen molar-refractivity contribution in [1.82, 2.24) is 0 Å². The number of hydrogen-bond donors (Lipinski definition) is 0. The fourth-order valence-electron chi connectivity index (χ4n) is 3.30. The molecule has 0 aliphatic heterocycles. The third-order valence-corrected chi connectivity index (χ3v) is 5.32. The summed E-state index contributed by atoms with van der Waals surface area (Å²) < 4.78 is 0. The van der Waals surface area contributed by atoms with Crippen LogP contribution in [-0.4, -0.2) is 11.0 Å². The molecular formula is C20H41NO2. The van der Waals surface area contributed by atoms with E-state index in [9.17, 15) is 10.1 Å². The van der Waals surface area contributed by atoms with E-state index in [1.807, 2.05) is 0 Å². The normalized spacial score (nSPS) is 15.3. The van der Waals surface area contributed by atoms with Crippen LogP contribution in [0.25, 0.3) is 0 Å². The van der Waals surface area contributed by atoms with Crippen LogP contribution in [0.5, 0.6) is 0 Å². The van der Waals surface area contributed by atoms with E-state index in [-0.39, 0.29) is 11.0 Å². The Hall–Kier alpha value is -0.600. The fourth-order valence-corrected chi connectivity index (χ4v) is 3.30. The van der Waals surface area contributed by atoms with Crippen molar-refractivity contribution in [3.8, 4) is 0 Å². The van der Waals surface area contributed by atoms with E-state index in [4.69, 9.17) is 0 Å². The first-order valence-corrected chi connectivity index (χ1v) is 10.2. The molecular weight excluding hydrogens is 286 g/mol. The molecule has 0 aromatic carbocycles. The van der Waals surface area contributed by atoms with Crippen molar-refractivity contribution in [3.63, 3.8) is 0 Å². The van der Waals surface area contributed by atoms with Gasteiger partial charge in [-0.2, -0.15) is 0 Å². The number of nitro groups is 1. The zero-order valence-corrected chi connectivity index (χ0v) is 16.2. The van der Waals surface area contributed by atoms with Gasteiger partial charge >= 0.3 is 0 Å². The molecule has 0 aromatic rings. The third kappa shape index (κ3) is 12.5. The summed E-state index contributed by atoms with van der Waals surface area (Å²) in [5.74, 6) is 1.07. The van der Waals surface area contributed by atoms with E-state index in [1.165, 1.54) is 57.8 Å². The Bertz CT molecular complexity index is 281. The van der Waals surface area contributed by atoms with E-state index >= 15 is 0 Å². The molecule has 3 heteroatoms. The molecule has 138 valence electrons. The molecule has 0 rings (SSSR count). The van der Waals surface area contributed by atoms with Gasteiger partial charge in [0.1, 0.15) is 0 Å². The number of unbranched alkanes of at least 4 members (excludes halogenated alkanes) is 8. The van der Waals surface area contributed by atoms with E-state index in [0.717, 1.165) is 25.7 Å². The van der Waals surface area contributed by atoms with Gasteiger partial charge in [-0.15, -0.1) is 0 Å². The Morgan fingerprint density at radius 3 is 1.78 bits per heavy atom. The maximum absolute atomic E-state index is 11.2. The highest BCUT2D eigenvalue weighted by Gasteiger charge is 2.25. The zero-order valence-electron chi connectivity index (χ0n) is 16.2. The molecule has 23 heavy (non-hydrogen) atoms. The number of hydrogen-bond acceptors (Lipinski definition) is 2. The summed E-state index contributed by atoms with van der Waals surface area (Å²) in [6.45, 7) is 8.85. The smallest absolute Gasteiger partial charge is 0.213 e.